The predicted octanol–water partition coefficient (Wildman–Crippen LogP) is 0.577. The summed E-state index contributed by atoms with van der Waals surface area (Å²) in [6.45, 7) is 2.57. The number of aryl methyl sites for hydroxylation is 1. The Labute approximate surface area is 136 Å². The van der Waals surface area contributed by atoms with Crippen molar-refractivity contribution in [2.45, 2.75) is 30.8 Å². The van der Waals surface area contributed by atoms with Crippen molar-refractivity contribution >= 4 is 15.9 Å². The van der Waals surface area contributed by atoms with Crippen molar-refractivity contribution in [3.8, 4) is 5.75 Å². The van der Waals surface area contributed by atoms with Crippen LogP contribution < -0.4 is 14.8 Å². The summed E-state index contributed by atoms with van der Waals surface area (Å²) in [6.07, 6.45) is 1.93. The zero-order chi connectivity index (χ0) is 16.9. The number of benzene rings is 1. The van der Waals surface area contributed by atoms with Gasteiger partial charge in [-0.1, -0.05) is 0 Å². The van der Waals surface area contributed by atoms with Gasteiger partial charge in [0, 0.05) is 13.2 Å². The van der Waals surface area contributed by atoms with Crippen LogP contribution in [-0.2, 0) is 19.6 Å². The molecule has 0 aromatic heterocycles. The van der Waals surface area contributed by atoms with Crippen molar-refractivity contribution in [2.24, 2.45) is 0 Å². The van der Waals surface area contributed by atoms with Crippen LogP contribution in [0, 0.1) is 6.92 Å². The van der Waals surface area contributed by atoms with E-state index < -0.39 is 10.0 Å². The highest BCUT2D eigenvalue weighted by Crippen LogP contribution is 2.21. The number of sulfonamides is 1. The molecule has 0 radical (unpaired) electrons. The molecule has 0 spiro atoms. The van der Waals surface area contributed by atoms with Gasteiger partial charge in [0.2, 0.25) is 15.9 Å². The van der Waals surface area contributed by atoms with Crippen molar-refractivity contribution in [2.75, 3.05) is 26.8 Å². The van der Waals surface area contributed by atoms with Crippen molar-refractivity contribution in [3.05, 3.63) is 23.8 Å². The summed E-state index contributed by atoms with van der Waals surface area (Å²) in [6, 6.07) is 4.53. The molecule has 23 heavy (non-hydrogen) atoms. The summed E-state index contributed by atoms with van der Waals surface area (Å²) in [5.74, 6) is 0.229. The minimum atomic E-state index is -3.74. The molecule has 1 aliphatic rings. The number of rotatable bonds is 7. The van der Waals surface area contributed by atoms with Crippen LogP contribution >= 0.6 is 0 Å². The van der Waals surface area contributed by atoms with E-state index in [1.807, 2.05) is 0 Å². The summed E-state index contributed by atoms with van der Waals surface area (Å²) in [4.78, 5) is 11.8. The molecule has 8 heteroatoms. The molecular formula is C15H22N2O5S. The molecular weight excluding hydrogens is 320 g/mol. The standard InChI is InChI=1S/C15H22N2O5S/c1-11-8-13(5-6-14(11)21-2)23(19,20)17-10-15(18)16-9-12-4-3-7-22-12/h5-6,8,12,17H,3-4,7,9-10H2,1-2H3,(H,16,18). The third-order valence-electron chi connectivity index (χ3n) is 3.65. The van der Waals surface area contributed by atoms with Gasteiger partial charge in [-0.15, -0.1) is 0 Å². The SMILES string of the molecule is COc1ccc(S(=O)(=O)NCC(=O)NCC2CCCO2)cc1C. The van der Waals surface area contributed by atoms with Crippen molar-refractivity contribution < 1.29 is 22.7 Å². The molecule has 2 N–H and O–H groups in total. The average Bonchev–Trinajstić information content (AvgIpc) is 3.04. The third kappa shape index (κ3) is 4.92. The smallest absolute Gasteiger partial charge is 0.241 e. The van der Waals surface area contributed by atoms with Gasteiger partial charge >= 0.3 is 0 Å². The maximum Gasteiger partial charge on any atom is 0.241 e. The van der Waals surface area contributed by atoms with E-state index in [2.05, 4.69) is 10.0 Å². The normalized spacial score (nSPS) is 17.9. The maximum atomic E-state index is 12.2. The van der Waals surface area contributed by atoms with E-state index in [1.165, 1.54) is 19.2 Å². The van der Waals surface area contributed by atoms with Gasteiger partial charge in [0.05, 0.1) is 24.7 Å². The highest BCUT2D eigenvalue weighted by atomic mass is 32.2. The van der Waals surface area contributed by atoms with E-state index in [1.54, 1.807) is 13.0 Å². The first-order valence-electron chi connectivity index (χ1n) is 7.45. The fourth-order valence-corrected chi connectivity index (χ4v) is 3.42. The van der Waals surface area contributed by atoms with Gasteiger partial charge in [-0.2, -0.15) is 0 Å². The fraction of sp³-hybridized carbons (Fsp3) is 0.533. The van der Waals surface area contributed by atoms with Gasteiger partial charge in [-0.05, 0) is 43.5 Å². The highest BCUT2D eigenvalue weighted by molar-refractivity contribution is 7.89. The summed E-state index contributed by atoms with van der Waals surface area (Å²) in [5, 5.41) is 2.67. The van der Waals surface area contributed by atoms with Gasteiger partial charge < -0.3 is 14.8 Å². The number of nitrogens with one attached hydrogen (secondary N) is 2. The largest absolute Gasteiger partial charge is 0.496 e. The van der Waals surface area contributed by atoms with Crippen LogP contribution in [0.2, 0.25) is 0 Å². The molecule has 2 rings (SSSR count). The second kappa shape index (κ2) is 7.76. The lowest BCUT2D eigenvalue weighted by Gasteiger charge is -2.12. The molecule has 1 amide bonds. The van der Waals surface area contributed by atoms with Crippen molar-refractivity contribution in [1.82, 2.24) is 10.0 Å². The van der Waals surface area contributed by atoms with Crippen molar-refractivity contribution in [1.29, 1.82) is 0 Å². The van der Waals surface area contributed by atoms with Crippen molar-refractivity contribution in [3.63, 3.8) is 0 Å². The molecule has 1 saturated heterocycles. The van der Waals surface area contributed by atoms with Gasteiger partial charge in [0.15, 0.2) is 0 Å². The lowest BCUT2D eigenvalue weighted by Crippen LogP contribution is -2.39. The van der Waals surface area contributed by atoms with Gasteiger partial charge in [0.25, 0.3) is 0 Å². The summed E-state index contributed by atoms with van der Waals surface area (Å²) >= 11 is 0. The summed E-state index contributed by atoms with van der Waals surface area (Å²) in [5.41, 5.74) is 0.707. The zero-order valence-corrected chi connectivity index (χ0v) is 14.1. The van der Waals surface area contributed by atoms with Crippen LogP contribution in [-0.4, -0.2) is 47.2 Å². The molecule has 1 aromatic rings. The number of ether oxygens (including phenoxy) is 2. The van der Waals surface area contributed by atoms with Gasteiger partial charge in [-0.3, -0.25) is 4.79 Å². The first kappa shape index (κ1) is 17.7. The molecule has 0 aliphatic carbocycles. The molecule has 1 aliphatic heterocycles. The Bertz CT molecular complexity index is 654. The molecule has 1 heterocycles. The number of hydrogen-bond acceptors (Lipinski definition) is 5. The molecule has 0 bridgehead atoms. The van der Waals surface area contributed by atoms with Crippen LogP contribution in [0.3, 0.4) is 0 Å². The molecule has 1 unspecified atom stereocenters. The Morgan fingerprint density at radius 1 is 1.43 bits per heavy atom. The second-order valence-electron chi connectivity index (χ2n) is 5.40. The van der Waals surface area contributed by atoms with Crippen LogP contribution in [0.15, 0.2) is 23.1 Å². The molecule has 1 fully saturated rings. The van der Waals surface area contributed by atoms with Gasteiger partial charge in [-0.25, -0.2) is 13.1 Å². The number of carbonyl (C=O) groups excluding carboxylic acids is 1. The topological polar surface area (TPSA) is 93.7 Å². The Balaban J connectivity index is 1.87. The van der Waals surface area contributed by atoms with E-state index in [9.17, 15) is 13.2 Å². The lowest BCUT2D eigenvalue weighted by molar-refractivity contribution is -0.120. The first-order chi connectivity index (χ1) is 10.9. The van der Waals surface area contributed by atoms with E-state index in [0.717, 1.165) is 12.8 Å². The summed E-state index contributed by atoms with van der Waals surface area (Å²) in [7, 11) is -2.22. The van der Waals surface area contributed by atoms with Crippen LogP contribution in [0.4, 0.5) is 0 Å². The quantitative estimate of drug-likeness (QED) is 0.756. The lowest BCUT2D eigenvalue weighted by atomic mass is 10.2. The Morgan fingerprint density at radius 3 is 2.83 bits per heavy atom. The monoisotopic (exact) mass is 342 g/mol. The van der Waals surface area contributed by atoms with E-state index in [0.29, 0.717) is 24.5 Å². The third-order valence-corrected chi connectivity index (χ3v) is 5.05. The van der Waals surface area contributed by atoms with Crippen LogP contribution in [0.5, 0.6) is 5.75 Å². The second-order valence-corrected chi connectivity index (χ2v) is 7.16. The molecule has 0 saturated carbocycles. The maximum absolute atomic E-state index is 12.2. The molecule has 1 atom stereocenters. The average molecular weight is 342 g/mol. The molecule has 7 nitrogen and oxygen atoms in total. The minimum absolute atomic E-state index is 0.0276. The summed E-state index contributed by atoms with van der Waals surface area (Å²) < 4.78 is 37.2. The zero-order valence-electron chi connectivity index (χ0n) is 13.3. The van der Waals surface area contributed by atoms with Crippen LogP contribution in [0.25, 0.3) is 0 Å². The van der Waals surface area contributed by atoms with E-state index >= 15 is 0 Å². The number of amides is 1. The Morgan fingerprint density at radius 2 is 2.22 bits per heavy atom. The molecule has 128 valence electrons. The number of carbonyl (C=O) groups is 1. The Kier molecular flexibility index (Phi) is 5.97. The van der Waals surface area contributed by atoms with Gasteiger partial charge in [0.1, 0.15) is 5.75 Å². The predicted molar refractivity (Wildman–Crippen MR) is 84.9 cm³/mol. The number of hydrogen-bond donors (Lipinski definition) is 2. The Hall–Kier alpha value is -1.64. The van der Waals surface area contributed by atoms with E-state index in [4.69, 9.17) is 9.47 Å². The number of methoxy groups -OCH3 is 1. The first-order valence-corrected chi connectivity index (χ1v) is 8.93. The highest BCUT2D eigenvalue weighted by Gasteiger charge is 2.19. The minimum Gasteiger partial charge on any atom is -0.496 e. The van der Waals surface area contributed by atoms with E-state index in [-0.39, 0.29) is 23.5 Å². The fourth-order valence-electron chi connectivity index (χ4n) is 2.36. The van der Waals surface area contributed by atoms with Crippen LogP contribution in [0.1, 0.15) is 18.4 Å². The molecule has 1 aromatic carbocycles.